The maximum atomic E-state index is 12.8. The first-order valence-electron chi connectivity index (χ1n) is 11.1. The van der Waals surface area contributed by atoms with Crippen LogP contribution < -0.4 is 4.90 Å². The largest absolute Gasteiger partial charge is 0.353 e. The number of carbonyl (C=O) groups is 1. The molecule has 0 bridgehead atoms. The quantitative estimate of drug-likeness (QED) is 0.509. The number of pyridine rings is 1. The van der Waals surface area contributed by atoms with E-state index in [0.29, 0.717) is 19.5 Å². The smallest absolute Gasteiger partial charge is 0.225 e. The number of benzene rings is 1. The van der Waals surface area contributed by atoms with Gasteiger partial charge in [-0.3, -0.25) is 9.78 Å². The van der Waals surface area contributed by atoms with Gasteiger partial charge in [-0.25, -0.2) is 9.97 Å². The summed E-state index contributed by atoms with van der Waals surface area (Å²) >= 11 is 0. The summed E-state index contributed by atoms with van der Waals surface area (Å²) in [6.45, 7) is 2.96. The van der Waals surface area contributed by atoms with E-state index in [-0.39, 0.29) is 5.91 Å². The fourth-order valence-corrected chi connectivity index (χ4v) is 4.37. The molecule has 7 nitrogen and oxygen atoms in total. The third kappa shape index (κ3) is 4.19. The lowest BCUT2D eigenvalue weighted by Gasteiger charge is -2.34. The van der Waals surface area contributed by atoms with Gasteiger partial charge >= 0.3 is 0 Å². The lowest BCUT2D eigenvalue weighted by Crippen LogP contribution is -2.49. The Labute approximate surface area is 187 Å². The molecule has 4 aromatic rings. The number of fused-ring (bicyclic) bond motifs is 1. The van der Waals surface area contributed by atoms with E-state index in [0.717, 1.165) is 48.8 Å². The maximum absolute atomic E-state index is 12.8. The number of H-pyrrole nitrogens is 1. The highest BCUT2D eigenvalue weighted by Gasteiger charge is 2.22. The topological polar surface area (TPSA) is 78.0 Å². The van der Waals surface area contributed by atoms with Gasteiger partial charge in [0.15, 0.2) is 0 Å². The minimum atomic E-state index is 0.220. The molecule has 1 amide bonds. The normalized spacial score (nSPS) is 14.1. The van der Waals surface area contributed by atoms with Crippen molar-refractivity contribution in [3.63, 3.8) is 0 Å². The molecule has 0 unspecified atom stereocenters. The highest BCUT2D eigenvalue weighted by Crippen LogP contribution is 2.30. The van der Waals surface area contributed by atoms with Crippen LogP contribution in [-0.2, 0) is 11.2 Å². The van der Waals surface area contributed by atoms with Crippen LogP contribution in [-0.4, -0.2) is 56.9 Å². The van der Waals surface area contributed by atoms with Crippen molar-refractivity contribution in [1.82, 2.24) is 24.8 Å². The zero-order valence-corrected chi connectivity index (χ0v) is 17.9. The third-order valence-electron chi connectivity index (χ3n) is 6.02. The van der Waals surface area contributed by atoms with Gasteiger partial charge in [0.05, 0.1) is 11.4 Å². The Hall–Kier alpha value is -3.74. The molecule has 1 aromatic carbocycles. The molecular weight excluding hydrogens is 400 g/mol. The van der Waals surface area contributed by atoms with Crippen LogP contribution in [0.5, 0.6) is 0 Å². The molecule has 1 aliphatic rings. The summed E-state index contributed by atoms with van der Waals surface area (Å²) in [6, 6.07) is 16.1. The van der Waals surface area contributed by atoms with Crippen LogP contribution in [0.4, 0.5) is 5.95 Å². The number of nitrogens with zero attached hydrogens (tertiary/aromatic N) is 5. The molecule has 1 aliphatic heterocycles. The SMILES string of the molecule is O=C(CCCc1c(-c2ccccn2)[nH]c2ccccc12)N1CCN(c2ncccn2)CC1. The van der Waals surface area contributed by atoms with E-state index in [2.05, 4.69) is 43.0 Å². The van der Waals surface area contributed by atoms with Crippen LogP contribution in [0.1, 0.15) is 18.4 Å². The summed E-state index contributed by atoms with van der Waals surface area (Å²) in [5, 5.41) is 1.21. The predicted octanol–water partition coefficient (Wildman–Crippen LogP) is 3.69. The highest BCUT2D eigenvalue weighted by molar-refractivity contribution is 5.90. The number of aromatic nitrogens is 4. The number of para-hydroxylation sites is 1. The number of amides is 1. The van der Waals surface area contributed by atoms with Crippen molar-refractivity contribution in [3.05, 3.63) is 72.7 Å². The summed E-state index contributed by atoms with van der Waals surface area (Å²) in [7, 11) is 0. The van der Waals surface area contributed by atoms with E-state index in [1.165, 1.54) is 10.9 Å². The molecular formula is C25H26N6O. The fourth-order valence-electron chi connectivity index (χ4n) is 4.37. The van der Waals surface area contributed by atoms with Crippen LogP contribution in [0.3, 0.4) is 0 Å². The van der Waals surface area contributed by atoms with Crippen molar-refractivity contribution in [2.45, 2.75) is 19.3 Å². The van der Waals surface area contributed by atoms with E-state index >= 15 is 0 Å². The molecule has 0 radical (unpaired) electrons. The Morgan fingerprint density at radius 3 is 2.41 bits per heavy atom. The first-order chi connectivity index (χ1) is 15.8. The maximum Gasteiger partial charge on any atom is 0.225 e. The van der Waals surface area contributed by atoms with Crippen LogP contribution >= 0.6 is 0 Å². The van der Waals surface area contributed by atoms with E-state index in [4.69, 9.17) is 0 Å². The molecule has 7 heteroatoms. The minimum absolute atomic E-state index is 0.220. The summed E-state index contributed by atoms with van der Waals surface area (Å²) in [5.41, 5.74) is 4.33. The lowest BCUT2D eigenvalue weighted by molar-refractivity contribution is -0.131. The second kappa shape index (κ2) is 9.18. The number of nitrogens with one attached hydrogen (secondary N) is 1. The average molecular weight is 427 g/mol. The Bertz CT molecular complexity index is 1180. The Kier molecular flexibility index (Phi) is 5.79. The van der Waals surface area contributed by atoms with Gasteiger partial charge in [0, 0.05) is 62.1 Å². The van der Waals surface area contributed by atoms with Gasteiger partial charge in [-0.05, 0) is 42.7 Å². The van der Waals surface area contributed by atoms with E-state index in [1.54, 1.807) is 12.4 Å². The van der Waals surface area contributed by atoms with Crippen molar-refractivity contribution >= 4 is 22.8 Å². The minimum Gasteiger partial charge on any atom is -0.353 e. The average Bonchev–Trinajstić information content (AvgIpc) is 3.24. The molecule has 0 spiro atoms. The zero-order chi connectivity index (χ0) is 21.8. The van der Waals surface area contributed by atoms with Gasteiger partial charge in [0.1, 0.15) is 0 Å². The number of rotatable bonds is 6. The number of aryl methyl sites for hydroxylation is 1. The number of hydrogen-bond donors (Lipinski definition) is 1. The summed E-state index contributed by atoms with van der Waals surface area (Å²) in [6.07, 6.45) is 7.51. The number of carbonyl (C=O) groups excluding carboxylic acids is 1. The van der Waals surface area contributed by atoms with Crippen LogP contribution in [0.2, 0.25) is 0 Å². The number of piperazine rings is 1. The molecule has 1 N–H and O–H groups in total. The molecule has 5 rings (SSSR count). The molecule has 0 aliphatic carbocycles. The summed E-state index contributed by atoms with van der Waals surface area (Å²) in [5.74, 6) is 0.957. The van der Waals surface area contributed by atoms with E-state index in [1.807, 2.05) is 41.4 Å². The van der Waals surface area contributed by atoms with Gasteiger partial charge in [0.2, 0.25) is 11.9 Å². The Morgan fingerprint density at radius 2 is 1.62 bits per heavy atom. The Balaban J connectivity index is 1.22. The molecule has 1 fully saturated rings. The molecule has 1 saturated heterocycles. The molecule has 4 heterocycles. The first-order valence-corrected chi connectivity index (χ1v) is 11.1. The lowest BCUT2D eigenvalue weighted by atomic mass is 10.0. The molecule has 3 aromatic heterocycles. The number of aromatic amines is 1. The van der Waals surface area contributed by atoms with Crippen molar-refractivity contribution < 1.29 is 4.79 Å². The molecule has 32 heavy (non-hydrogen) atoms. The van der Waals surface area contributed by atoms with Crippen LogP contribution in [0.25, 0.3) is 22.3 Å². The predicted molar refractivity (Wildman–Crippen MR) is 125 cm³/mol. The van der Waals surface area contributed by atoms with Crippen LogP contribution in [0.15, 0.2) is 67.1 Å². The summed E-state index contributed by atoms with van der Waals surface area (Å²) in [4.78, 5) is 33.6. The molecule has 0 atom stereocenters. The molecule has 0 saturated carbocycles. The number of anilines is 1. The zero-order valence-electron chi connectivity index (χ0n) is 17.9. The fraction of sp³-hybridized carbons (Fsp3) is 0.280. The Morgan fingerprint density at radius 1 is 0.875 bits per heavy atom. The van der Waals surface area contributed by atoms with Gasteiger partial charge in [0.25, 0.3) is 0 Å². The molecule has 162 valence electrons. The summed E-state index contributed by atoms with van der Waals surface area (Å²) < 4.78 is 0. The third-order valence-corrected chi connectivity index (χ3v) is 6.02. The second-order valence-electron chi connectivity index (χ2n) is 8.01. The van der Waals surface area contributed by atoms with Gasteiger partial charge in [-0.1, -0.05) is 24.3 Å². The van der Waals surface area contributed by atoms with Crippen molar-refractivity contribution in [1.29, 1.82) is 0 Å². The van der Waals surface area contributed by atoms with Crippen molar-refractivity contribution in [2.75, 3.05) is 31.1 Å². The second-order valence-corrected chi connectivity index (χ2v) is 8.01. The monoisotopic (exact) mass is 426 g/mol. The van der Waals surface area contributed by atoms with E-state index < -0.39 is 0 Å². The standard InChI is InChI=1S/C25H26N6O/c32-23(30-15-17-31(18-16-30)25-27-13-6-14-28-25)11-5-8-20-19-7-1-2-9-21(19)29-24(20)22-10-3-4-12-26-22/h1-4,6-7,9-10,12-14,29H,5,8,11,15-18H2. The first kappa shape index (κ1) is 20.2. The van der Waals surface area contributed by atoms with Gasteiger partial charge in [-0.15, -0.1) is 0 Å². The van der Waals surface area contributed by atoms with Crippen LogP contribution in [0, 0.1) is 0 Å². The van der Waals surface area contributed by atoms with Crippen molar-refractivity contribution in [3.8, 4) is 11.4 Å². The van der Waals surface area contributed by atoms with E-state index in [9.17, 15) is 4.79 Å². The van der Waals surface area contributed by atoms with Gasteiger partial charge < -0.3 is 14.8 Å². The number of hydrogen-bond acceptors (Lipinski definition) is 5. The highest BCUT2D eigenvalue weighted by atomic mass is 16.2. The van der Waals surface area contributed by atoms with Crippen molar-refractivity contribution in [2.24, 2.45) is 0 Å². The van der Waals surface area contributed by atoms with Gasteiger partial charge in [-0.2, -0.15) is 0 Å².